The molecule has 0 unspecified atom stereocenters. The largest absolute Gasteiger partial charge is 0.392 e. The third-order valence-corrected chi connectivity index (χ3v) is 3.57. The first-order valence-electron chi connectivity index (χ1n) is 6.86. The number of pyridine rings is 1. The second-order valence-corrected chi connectivity index (χ2v) is 4.87. The summed E-state index contributed by atoms with van der Waals surface area (Å²) in [4.78, 5) is 4.14. The molecule has 114 valence electrons. The monoisotopic (exact) mass is 299 g/mol. The minimum atomic E-state index is -0.375. The van der Waals surface area contributed by atoms with Crippen molar-refractivity contribution in [2.75, 3.05) is 14.2 Å². The predicted molar refractivity (Wildman–Crippen MR) is 81.1 cm³/mol. The Bertz CT molecular complexity index is 764. The maximum absolute atomic E-state index is 9.49. The zero-order valence-electron chi connectivity index (χ0n) is 12.4. The van der Waals surface area contributed by atoms with Crippen LogP contribution in [0.3, 0.4) is 0 Å². The van der Waals surface area contributed by atoms with E-state index in [9.17, 15) is 5.11 Å². The average Bonchev–Trinajstić information content (AvgIpc) is 3.04. The molecule has 0 fully saturated rings. The number of methoxy groups -OCH3 is 2. The maximum atomic E-state index is 9.49. The molecule has 0 saturated carbocycles. The van der Waals surface area contributed by atoms with Crippen LogP contribution in [0.4, 0.5) is 0 Å². The standard InChI is InChI=1S/C16H17N3O3/c1-21-16(22-2)12-5-3-11(4-6-12)13-7-14(9-20)15-17-10-18-19(15)8-13/h3-8,10,16,20H,9H2,1-2H3. The minimum absolute atomic E-state index is 0.0798. The molecule has 0 spiro atoms. The van der Waals surface area contributed by atoms with Gasteiger partial charge in [0.2, 0.25) is 0 Å². The van der Waals surface area contributed by atoms with Gasteiger partial charge in [0.1, 0.15) is 6.33 Å². The lowest BCUT2D eigenvalue weighted by Gasteiger charge is -2.14. The highest BCUT2D eigenvalue weighted by Gasteiger charge is 2.10. The molecule has 3 aromatic rings. The number of ether oxygens (including phenoxy) is 2. The quantitative estimate of drug-likeness (QED) is 0.731. The first-order chi connectivity index (χ1) is 10.8. The molecule has 2 aromatic heterocycles. The fourth-order valence-electron chi connectivity index (χ4n) is 2.47. The van der Waals surface area contributed by atoms with Crippen molar-refractivity contribution in [3.8, 4) is 11.1 Å². The summed E-state index contributed by atoms with van der Waals surface area (Å²) in [5.74, 6) is 0. The van der Waals surface area contributed by atoms with E-state index in [1.807, 2.05) is 36.5 Å². The lowest BCUT2D eigenvalue weighted by Crippen LogP contribution is -2.03. The number of aliphatic hydroxyl groups is 1. The van der Waals surface area contributed by atoms with Crippen molar-refractivity contribution in [3.05, 3.63) is 54.0 Å². The SMILES string of the molecule is COC(OC)c1ccc(-c2cc(CO)c3ncnn3c2)cc1. The zero-order chi connectivity index (χ0) is 15.5. The van der Waals surface area contributed by atoms with Gasteiger partial charge in [-0.15, -0.1) is 0 Å². The van der Waals surface area contributed by atoms with Gasteiger partial charge in [-0.1, -0.05) is 24.3 Å². The molecule has 6 heteroatoms. The van der Waals surface area contributed by atoms with Crippen LogP contribution in [-0.4, -0.2) is 33.9 Å². The van der Waals surface area contributed by atoms with Crippen molar-refractivity contribution in [2.45, 2.75) is 12.9 Å². The number of benzene rings is 1. The summed E-state index contributed by atoms with van der Waals surface area (Å²) in [5, 5.41) is 13.6. The van der Waals surface area contributed by atoms with Gasteiger partial charge >= 0.3 is 0 Å². The second kappa shape index (κ2) is 6.23. The van der Waals surface area contributed by atoms with Crippen LogP contribution in [0.25, 0.3) is 16.8 Å². The van der Waals surface area contributed by atoms with E-state index in [4.69, 9.17) is 9.47 Å². The Balaban J connectivity index is 2.00. The third-order valence-electron chi connectivity index (χ3n) is 3.57. The molecule has 2 heterocycles. The number of aliphatic hydroxyl groups excluding tert-OH is 1. The maximum Gasteiger partial charge on any atom is 0.183 e. The van der Waals surface area contributed by atoms with Gasteiger partial charge in [-0.2, -0.15) is 5.10 Å². The van der Waals surface area contributed by atoms with Crippen molar-refractivity contribution in [1.82, 2.24) is 14.6 Å². The minimum Gasteiger partial charge on any atom is -0.392 e. The molecule has 0 aliphatic carbocycles. The van der Waals surface area contributed by atoms with Crippen LogP contribution in [0, 0.1) is 0 Å². The molecule has 0 atom stereocenters. The number of hydrogen-bond acceptors (Lipinski definition) is 5. The van der Waals surface area contributed by atoms with Gasteiger partial charge in [-0.25, -0.2) is 9.50 Å². The molecule has 22 heavy (non-hydrogen) atoms. The predicted octanol–water partition coefficient (Wildman–Crippen LogP) is 2.18. The first-order valence-corrected chi connectivity index (χ1v) is 6.86. The van der Waals surface area contributed by atoms with Crippen LogP contribution < -0.4 is 0 Å². The fraction of sp³-hybridized carbons (Fsp3) is 0.250. The highest BCUT2D eigenvalue weighted by molar-refractivity contribution is 5.67. The van der Waals surface area contributed by atoms with Crippen LogP contribution in [0.1, 0.15) is 17.4 Å². The summed E-state index contributed by atoms with van der Waals surface area (Å²) in [6, 6.07) is 9.80. The number of fused-ring (bicyclic) bond motifs is 1. The van der Waals surface area contributed by atoms with Crippen LogP contribution in [0.5, 0.6) is 0 Å². The normalized spacial score (nSPS) is 11.5. The molecule has 0 aliphatic rings. The molecule has 0 saturated heterocycles. The van der Waals surface area contributed by atoms with E-state index in [0.717, 1.165) is 22.3 Å². The third kappa shape index (κ3) is 2.59. The van der Waals surface area contributed by atoms with E-state index in [0.29, 0.717) is 5.65 Å². The lowest BCUT2D eigenvalue weighted by atomic mass is 10.0. The van der Waals surface area contributed by atoms with Crippen molar-refractivity contribution < 1.29 is 14.6 Å². The van der Waals surface area contributed by atoms with Gasteiger partial charge in [0.15, 0.2) is 11.9 Å². The van der Waals surface area contributed by atoms with E-state index in [1.54, 1.807) is 18.7 Å². The molecular formula is C16H17N3O3. The van der Waals surface area contributed by atoms with Crippen molar-refractivity contribution in [2.24, 2.45) is 0 Å². The topological polar surface area (TPSA) is 68.9 Å². The average molecular weight is 299 g/mol. The van der Waals surface area contributed by atoms with Crippen molar-refractivity contribution in [3.63, 3.8) is 0 Å². The highest BCUT2D eigenvalue weighted by atomic mass is 16.7. The van der Waals surface area contributed by atoms with E-state index in [2.05, 4.69) is 10.1 Å². The Kier molecular flexibility index (Phi) is 4.15. The smallest absolute Gasteiger partial charge is 0.183 e. The summed E-state index contributed by atoms with van der Waals surface area (Å²) in [6.45, 7) is -0.0798. The van der Waals surface area contributed by atoms with Crippen molar-refractivity contribution in [1.29, 1.82) is 0 Å². The Labute approximate surface area is 127 Å². The summed E-state index contributed by atoms with van der Waals surface area (Å²) in [5.41, 5.74) is 4.33. The van der Waals surface area contributed by atoms with Crippen LogP contribution >= 0.6 is 0 Å². The Hall–Kier alpha value is -2.28. The van der Waals surface area contributed by atoms with Crippen LogP contribution in [-0.2, 0) is 16.1 Å². The molecule has 0 aliphatic heterocycles. The van der Waals surface area contributed by atoms with E-state index < -0.39 is 0 Å². The Morgan fingerprint density at radius 1 is 1.14 bits per heavy atom. The van der Waals surface area contributed by atoms with E-state index in [-0.39, 0.29) is 12.9 Å². The van der Waals surface area contributed by atoms with Gasteiger partial charge in [-0.05, 0) is 11.6 Å². The Morgan fingerprint density at radius 3 is 2.50 bits per heavy atom. The first kappa shape index (κ1) is 14.6. The second-order valence-electron chi connectivity index (χ2n) is 4.87. The number of rotatable bonds is 5. The highest BCUT2D eigenvalue weighted by Crippen LogP contribution is 2.25. The van der Waals surface area contributed by atoms with Gasteiger partial charge in [0, 0.05) is 37.1 Å². The van der Waals surface area contributed by atoms with E-state index in [1.165, 1.54) is 6.33 Å². The van der Waals surface area contributed by atoms with Gasteiger partial charge in [-0.3, -0.25) is 0 Å². The number of hydrogen-bond donors (Lipinski definition) is 1. The van der Waals surface area contributed by atoms with Crippen molar-refractivity contribution >= 4 is 5.65 Å². The molecule has 0 amide bonds. The van der Waals surface area contributed by atoms with Crippen LogP contribution in [0.2, 0.25) is 0 Å². The number of nitrogens with zero attached hydrogens (tertiary/aromatic N) is 3. The van der Waals surface area contributed by atoms with E-state index >= 15 is 0 Å². The molecule has 1 aromatic carbocycles. The Morgan fingerprint density at radius 2 is 1.86 bits per heavy atom. The summed E-state index contributed by atoms with van der Waals surface area (Å²) in [7, 11) is 3.21. The van der Waals surface area contributed by atoms with Crippen LogP contribution in [0.15, 0.2) is 42.9 Å². The van der Waals surface area contributed by atoms with Gasteiger partial charge in [0.25, 0.3) is 0 Å². The molecule has 6 nitrogen and oxygen atoms in total. The summed E-state index contributed by atoms with van der Waals surface area (Å²) < 4.78 is 12.1. The zero-order valence-corrected chi connectivity index (χ0v) is 12.4. The van der Waals surface area contributed by atoms with Gasteiger partial charge < -0.3 is 14.6 Å². The molecule has 0 radical (unpaired) electrons. The summed E-state index contributed by atoms with van der Waals surface area (Å²) >= 11 is 0. The van der Waals surface area contributed by atoms with Gasteiger partial charge in [0.05, 0.1) is 6.61 Å². The molecule has 3 rings (SSSR count). The molecule has 0 bridgehead atoms. The lowest BCUT2D eigenvalue weighted by molar-refractivity contribution is -0.106. The fourth-order valence-corrected chi connectivity index (χ4v) is 2.47. The molecular weight excluding hydrogens is 282 g/mol. The summed E-state index contributed by atoms with van der Waals surface area (Å²) in [6.07, 6.45) is 2.99. The molecule has 1 N–H and O–H groups in total. The number of aromatic nitrogens is 3.